The zero-order chi connectivity index (χ0) is 14.6. The molecule has 5 nitrogen and oxygen atoms in total. The minimum absolute atomic E-state index is 0.0373. The van der Waals surface area contributed by atoms with Crippen LogP contribution >= 0.6 is 15.9 Å². The van der Waals surface area contributed by atoms with Crippen molar-refractivity contribution in [3.05, 3.63) is 28.2 Å². The fourth-order valence-corrected chi connectivity index (χ4v) is 1.95. The maximum absolute atomic E-state index is 8.58. The topological polar surface area (TPSA) is 60.0 Å². The van der Waals surface area contributed by atoms with Crippen LogP contribution in [0.5, 0.6) is 5.75 Å². The first-order valence-electron chi connectivity index (χ1n) is 6.57. The van der Waals surface area contributed by atoms with Gasteiger partial charge in [0.15, 0.2) is 0 Å². The van der Waals surface area contributed by atoms with Gasteiger partial charge < -0.3 is 24.6 Å². The number of hydrogen-bond acceptors (Lipinski definition) is 5. The molecule has 1 aromatic carbocycles. The first kappa shape index (κ1) is 17.4. The molecule has 0 fully saturated rings. The van der Waals surface area contributed by atoms with Crippen LogP contribution in [0.3, 0.4) is 0 Å². The minimum Gasteiger partial charge on any atom is -0.491 e. The van der Waals surface area contributed by atoms with Crippen LogP contribution in [0.2, 0.25) is 0 Å². The third kappa shape index (κ3) is 7.21. The number of rotatable bonds is 11. The lowest BCUT2D eigenvalue weighted by Crippen LogP contribution is -2.18. The van der Waals surface area contributed by atoms with Gasteiger partial charge in [-0.25, -0.2) is 0 Å². The predicted octanol–water partition coefficient (Wildman–Crippen LogP) is 1.57. The monoisotopic (exact) mass is 347 g/mol. The molecule has 0 unspecified atom stereocenters. The average molecular weight is 348 g/mol. The van der Waals surface area contributed by atoms with E-state index in [1.165, 1.54) is 0 Å². The molecule has 0 amide bonds. The largest absolute Gasteiger partial charge is 0.491 e. The summed E-state index contributed by atoms with van der Waals surface area (Å²) in [7, 11) is 1.69. The van der Waals surface area contributed by atoms with Gasteiger partial charge in [0.05, 0.1) is 26.4 Å². The first-order valence-corrected chi connectivity index (χ1v) is 7.36. The van der Waals surface area contributed by atoms with Gasteiger partial charge in [-0.05, 0) is 23.8 Å². The molecule has 1 rings (SSSR count). The SMILES string of the molecule is COCCNCc1cc(OCCOCCO)ccc1Br. The van der Waals surface area contributed by atoms with Crippen molar-refractivity contribution in [1.82, 2.24) is 5.32 Å². The Hall–Kier alpha value is -0.660. The van der Waals surface area contributed by atoms with E-state index in [0.717, 1.165) is 28.9 Å². The van der Waals surface area contributed by atoms with Gasteiger partial charge in [-0.15, -0.1) is 0 Å². The van der Waals surface area contributed by atoms with E-state index in [1.807, 2.05) is 18.2 Å². The molecular weight excluding hydrogens is 326 g/mol. The Morgan fingerprint density at radius 1 is 1.20 bits per heavy atom. The van der Waals surface area contributed by atoms with Crippen molar-refractivity contribution in [3.63, 3.8) is 0 Å². The number of hydrogen-bond donors (Lipinski definition) is 2. The molecule has 0 atom stereocenters. The molecular formula is C14H22BrNO4. The molecule has 6 heteroatoms. The third-order valence-electron chi connectivity index (χ3n) is 2.55. The standard InChI is InChI=1S/C14H22BrNO4/c1-18-6-4-16-11-12-10-13(2-3-14(12)15)20-9-8-19-7-5-17/h2-3,10,16-17H,4-9,11H2,1H3. The zero-order valence-electron chi connectivity index (χ0n) is 11.7. The molecule has 20 heavy (non-hydrogen) atoms. The Morgan fingerprint density at radius 3 is 2.80 bits per heavy atom. The van der Waals surface area contributed by atoms with Crippen LogP contribution in [0.4, 0.5) is 0 Å². The second kappa shape index (κ2) is 11.0. The van der Waals surface area contributed by atoms with Crippen LogP contribution in [-0.2, 0) is 16.0 Å². The van der Waals surface area contributed by atoms with Crippen LogP contribution in [-0.4, -0.2) is 51.8 Å². The highest BCUT2D eigenvalue weighted by atomic mass is 79.9. The van der Waals surface area contributed by atoms with Gasteiger partial charge in [0.1, 0.15) is 12.4 Å². The van der Waals surface area contributed by atoms with Gasteiger partial charge in [-0.3, -0.25) is 0 Å². The molecule has 0 aliphatic rings. The molecule has 114 valence electrons. The minimum atomic E-state index is 0.0373. The maximum Gasteiger partial charge on any atom is 0.119 e. The van der Waals surface area contributed by atoms with Gasteiger partial charge in [-0.2, -0.15) is 0 Å². The van der Waals surface area contributed by atoms with E-state index in [4.69, 9.17) is 19.3 Å². The third-order valence-corrected chi connectivity index (χ3v) is 3.32. The summed E-state index contributed by atoms with van der Waals surface area (Å²) in [6.45, 7) is 3.57. The molecule has 0 aliphatic heterocycles. The van der Waals surface area contributed by atoms with Crippen LogP contribution in [0.1, 0.15) is 5.56 Å². The number of halogens is 1. The van der Waals surface area contributed by atoms with E-state index in [-0.39, 0.29) is 6.61 Å². The number of benzene rings is 1. The van der Waals surface area contributed by atoms with Crippen LogP contribution in [0.15, 0.2) is 22.7 Å². The lowest BCUT2D eigenvalue weighted by molar-refractivity contribution is 0.0705. The lowest BCUT2D eigenvalue weighted by Gasteiger charge is -2.11. The Labute approximate surface area is 128 Å². The fourth-order valence-electron chi connectivity index (χ4n) is 1.56. The molecule has 0 bridgehead atoms. The zero-order valence-corrected chi connectivity index (χ0v) is 13.3. The predicted molar refractivity (Wildman–Crippen MR) is 81.1 cm³/mol. The summed E-state index contributed by atoms with van der Waals surface area (Å²) in [4.78, 5) is 0. The van der Waals surface area contributed by atoms with E-state index in [1.54, 1.807) is 7.11 Å². The second-order valence-electron chi connectivity index (χ2n) is 4.11. The van der Waals surface area contributed by atoms with E-state index >= 15 is 0 Å². The highest BCUT2D eigenvalue weighted by Crippen LogP contribution is 2.22. The molecule has 0 heterocycles. The lowest BCUT2D eigenvalue weighted by atomic mass is 10.2. The quantitative estimate of drug-likeness (QED) is 0.595. The molecule has 0 saturated heterocycles. The fraction of sp³-hybridized carbons (Fsp3) is 0.571. The molecule has 0 spiro atoms. The van der Waals surface area contributed by atoms with Gasteiger partial charge in [-0.1, -0.05) is 15.9 Å². The average Bonchev–Trinajstić information content (AvgIpc) is 2.46. The normalized spacial score (nSPS) is 10.8. The Bertz CT molecular complexity index is 376. The van der Waals surface area contributed by atoms with Gasteiger partial charge in [0.2, 0.25) is 0 Å². The van der Waals surface area contributed by atoms with Crippen LogP contribution < -0.4 is 10.1 Å². The summed E-state index contributed by atoms with van der Waals surface area (Å²) in [5, 5.41) is 11.9. The number of nitrogens with one attached hydrogen (secondary N) is 1. The van der Waals surface area contributed by atoms with Crippen molar-refractivity contribution in [3.8, 4) is 5.75 Å². The number of aliphatic hydroxyl groups excluding tert-OH is 1. The van der Waals surface area contributed by atoms with Gasteiger partial charge in [0, 0.05) is 24.7 Å². The summed E-state index contributed by atoms with van der Waals surface area (Å²) in [5.41, 5.74) is 1.13. The molecule has 0 saturated carbocycles. The summed E-state index contributed by atoms with van der Waals surface area (Å²) in [6.07, 6.45) is 0. The summed E-state index contributed by atoms with van der Waals surface area (Å²) >= 11 is 3.52. The van der Waals surface area contributed by atoms with Crippen molar-refractivity contribution >= 4 is 15.9 Å². The second-order valence-corrected chi connectivity index (χ2v) is 4.96. The molecule has 0 aliphatic carbocycles. The first-order chi connectivity index (χ1) is 9.77. The van der Waals surface area contributed by atoms with Crippen molar-refractivity contribution in [2.75, 3.05) is 46.7 Å². The van der Waals surface area contributed by atoms with Crippen molar-refractivity contribution in [1.29, 1.82) is 0 Å². The molecule has 1 aromatic rings. The van der Waals surface area contributed by atoms with Crippen molar-refractivity contribution in [2.45, 2.75) is 6.54 Å². The summed E-state index contributed by atoms with van der Waals surface area (Å²) < 4.78 is 16.8. The number of methoxy groups -OCH3 is 1. The van der Waals surface area contributed by atoms with Gasteiger partial charge in [0.25, 0.3) is 0 Å². The Kier molecular flexibility index (Phi) is 9.61. The highest BCUT2D eigenvalue weighted by Gasteiger charge is 2.02. The maximum atomic E-state index is 8.58. The highest BCUT2D eigenvalue weighted by molar-refractivity contribution is 9.10. The van der Waals surface area contributed by atoms with E-state index < -0.39 is 0 Å². The van der Waals surface area contributed by atoms with Crippen LogP contribution in [0, 0.1) is 0 Å². The number of aliphatic hydroxyl groups is 1. The van der Waals surface area contributed by atoms with Gasteiger partial charge >= 0.3 is 0 Å². The van der Waals surface area contributed by atoms with Crippen molar-refractivity contribution in [2.24, 2.45) is 0 Å². The van der Waals surface area contributed by atoms with Crippen LogP contribution in [0.25, 0.3) is 0 Å². The van der Waals surface area contributed by atoms with E-state index in [2.05, 4.69) is 21.2 Å². The Balaban J connectivity index is 2.36. The smallest absolute Gasteiger partial charge is 0.119 e. The van der Waals surface area contributed by atoms with E-state index in [0.29, 0.717) is 26.4 Å². The Morgan fingerprint density at radius 2 is 2.05 bits per heavy atom. The van der Waals surface area contributed by atoms with Crippen molar-refractivity contribution < 1.29 is 19.3 Å². The summed E-state index contributed by atoms with van der Waals surface area (Å²) in [5.74, 6) is 0.810. The molecule has 2 N–H and O–H groups in total. The molecule has 0 aromatic heterocycles. The number of ether oxygens (including phenoxy) is 3. The molecule has 0 radical (unpaired) electrons. The summed E-state index contributed by atoms with van der Waals surface area (Å²) in [6, 6.07) is 5.88. The van der Waals surface area contributed by atoms with E-state index in [9.17, 15) is 0 Å².